The molecule has 0 aliphatic carbocycles. The van der Waals surface area contributed by atoms with Crippen molar-refractivity contribution in [2.24, 2.45) is 0 Å². The van der Waals surface area contributed by atoms with Crippen LogP contribution >= 0.6 is 0 Å². The number of halogens is 3. The molecule has 1 rings (SSSR count). The van der Waals surface area contributed by atoms with Crippen LogP contribution in [0.1, 0.15) is 19.4 Å². The lowest BCUT2D eigenvalue weighted by molar-refractivity contribution is 0.211. The molecule has 0 aromatic heterocycles. The van der Waals surface area contributed by atoms with E-state index in [1.54, 1.807) is 0 Å². The van der Waals surface area contributed by atoms with Crippen LogP contribution in [0.25, 0.3) is 0 Å². The second-order valence-electron chi connectivity index (χ2n) is 3.07. The predicted octanol–water partition coefficient (Wildman–Crippen LogP) is 3.17. The van der Waals surface area contributed by atoms with E-state index in [0.717, 1.165) is 6.07 Å². The Labute approximate surface area is 69.0 Å². The number of hydrogen-bond donors (Lipinski definition) is 0. The van der Waals surface area contributed by atoms with Gasteiger partial charge in [0, 0.05) is 5.56 Å². The van der Waals surface area contributed by atoms with Crippen LogP contribution in [0.4, 0.5) is 13.2 Å². The molecule has 1 aromatic rings. The molecule has 0 amide bonds. The normalized spacial score (nSPS) is 11.8. The summed E-state index contributed by atoms with van der Waals surface area (Å²) in [7, 11) is 0. The lowest BCUT2D eigenvalue weighted by Gasteiger charge is -2.15. The molecule has 0 radical (unpaired) electrons. The zero-order chi connectivity index (χ0) is 9.35. The molecule has 0 spiro atoms. The predicted molar refractivity (Wildman–Crippen MR) is 40.5 cm³/mol. The highest BCUT2D eigenvalue weighted by atomic mass is 19.2. The first-order valence-corrected chi connectivity index (χ1v) is 3.56. The van der Waals surface area contributed by atoms with Crippen molar-refractivity contribution >= 4 is 0 Å². The standard InChI is InChI=1S/C9H9F3/c1-9(2,12)6-4-3-5-7(10)8(6)11/h3-5H,1-2H3. The van der Waals surface area contributed by atoms with Crippen LogP contribution in [0, 0.1) is 11.6 Å². The van der Waals surface area contributed by atoms with Gasteiger partial charge in [0.15, 0.2) is 11.6 Å². The molecular weight excluding hydrogens is 165 g/mol. The van der Waals surface area contributed by atoms with Crippen molar-refractivity contribution in [3.8, 4) is 0 Å². The van der Waals surface area contributed by atoms with Gasteiger partial charge < -0.3 is 0 Å². The third-order valence-electron chi connectivity index (χ3n) is 1.59. The molecule has 12 heavy (non-hydrogen) atoms. The fourth-order valence-corrected chi connectivity index (χ4v) is 0.963. The van der Waals surface area contributed by atoms with Crippen molar-refractivity contribution in [1.82, 2.24) is 0 Å². The molecule has 0 nitrogen and oxygen atoms in total. The fraction of sp³-hybridized carbons (Fsp3) is 0.333. The summed E-state index contributed by atoms with van der Waals surface area (Å²) in [5, 5.41) is 0. The Balaban J connectivity index is 3.26. The van der Waals surface area contributed by atoms with Gasteiger partial charge in [-0.15, -0.1) is 0 Å². The summed E-state index contributed by atoms with van der Waals surface area (Å²) in [6.45, 7) is 2.37. The van der Waals surface area contributed by atoms with E-state index < -0.39 is 17.3 Å². The first-order chi connectivity index (χ1) is 5.43. The van der Waals surface area contributed by atoms with Gasteiger partial charge >= 0.3 is 0 Å². The molecule has 0 saturated heterocycles. The van der Waals surface area contributed by atoms with Crippen LogP contribution < -0.4 is 0 Å². The Bertz CT molecular complexity index is 286. The zero-order valence-electron chi connectivity index (χ0n) is 6.87. The van der Waals surface area contributed by atoms with Crippen molar-refractivity contribution in [3.05, 3.63) is 35.4 Å². The van der Waals surface area contributed by atoms with Crippen LogP contribution in [0.3, 0.4) is 0 Å². The molecule has 0 heterocycles. The van der Waals surface area contributed by atoms with Crippen LogP contribution in [0.5, 0.6) is 0 Å². The van der Waals surface area contributed by atoms with E-state index in [1.165, 1.54) is 26.0 Å². The molecule has 3 heteroatoms. The highest BCUT2D eigenvalue weighted by Crippen LogP contribution is 2.27. The monoisotopic (exact) mass is 174 g/mol. The first-order valence-electron chi connectivity index (χ1n) is 3.56. The van der Waals surface area contributed by atoms with Gasteiger partial charge in [0.05, 0.1) is 0 Å². The number of alkyl halides is 1. The molecule has 0 bridgehead atoms. The molecule has 0 aliphatic heterocycles. The zero-order valence-corrected chi connectivity index (χ0v) is 6.87. The SMILES string of the molecule is CC(C)(F)c1cccc(F)c1F. The first kappa shape index (κ1) is 9.10. The Hall–Kier alpha value is -0.990. The van der Waals surface area contributed by atoms with Crippen LogP contribution in [0.2, 0.25) is 0 Å². The Kier molecular flexibility index (Phi) is 2.13. The summed E-state index contributed by atoms with van der Waals surface area (Å²) >= 11 is 0. The van der Waals surface area contributed by atoms with E-state index in [4.69, 9.17) is 0 Å². The van der Waals surface area contributed by atoms with Crippen LogP contribution in [-0.2, 0) is 5.67 Å². The average molecular weight is 174 g/mol. The summed E-state index contributed by atoms with van der Waals surface area (Å²) in [5.41, 5.74) is -2.09. The molecule has 66 valence electrons. The van der Waals surface area contributed by atoms with Gasteiger partial charge in [-0.1, -0.05) is 12.1 Å². The molecule has 1 aromatic carbocycles. The topological polar surface area (TPSA) is 0 Å². The van der Waals surface area contributed by atoms with Gasteiger partial charge in [0.25, 0.3) is 0 Å². The lowest BCUT2D eigenvalue weighted by atomic mass is 10.00. The smallest absolute Gasteiger partial charge is 0.165 e. The van der Waals surface area contributed by atoms with Crippen molar-refractivity contribution < 1.29 is 13.2 Å². The molecule has 0 aliphatic rings. The van der Waals surface area contributed by atoms with Gasteiger partial charge in [0.2, 0.25) is 0 Å². The van der Waals surface area contributed by atoms with Crippen molar-refractivity contribution in [1.29, 1.82) is 0 Å². The maximum Gasteiger partial charge on any atom is 0.165 e. The minimum Gasteiger partial charge on any atom is -0.239 e. The van der Waals surface area contributed by atoms with Gasteiger partial charge in [-0.3, -0.25) is 0 Å². The highest BCUT2D eigenvalue weighted by Gasteiger charge is 2.24. The van der Waals surface area contributed by atoms with Crippen molar-refractivity contribution in [2.45, 2.75) is 19.5 Å². The summed E-state index contributed by atoms with van der Waals surface area (Å²) < 4.78 is 38.6. The van der Waals surface area contributed by atoms with Crippen LogP contribution in [-0.4, -0.2) is 0 Å². The third-order valence-corrected chi connectivity index (χ3v) is 1.59. The third kappa shape index (κ3) is 1.60. The molecule has 0 atom stereocenters. The second-order valence-corrected chi connectivity index (χ2v) is 3.07. The van der Waals surface area contributed by atoms with Crippen molar-refractivity contribution in [2.75, 3.05) is 0 Å². The van der Waals surface area contributed by atoms with Gasteiger partial charge in [0.1, 0.15) is 5.67 Å². The fourth-order valence-electron chi connectivity index (χ4n) is 0.963. The van der Waals surface area contributed by atoms with Crippen molar-refractivity contribution in [3.63, 3.8) is 0 Å². The van der Waals surface area contributed by atoms with E-state index in [9.17, 15) is 13.2 Å². The summed E-state index contributed by atoms with van der Waals surface area (Å²) in [6.07, 6.45) is 0. The Morgan fingerprint density at radius 1 is 1.17 bits per heavy atom. The maximum atomic E-state index is 13.2. The van der Waals surface area contributed by atoms with Gasteiger partial charge in [-0.2, -0.15) is 0 Å². The highest BCUT2D eigenvalue weighted by molar-refractivity contribution is 5.23. The van der Waals surface area contributed by atoms with E-state index in [0.29, 0.717) is 0 Å². The second kappa shape index (κ2) is 2.81. The Morgan fingerprint density at radius 2 is 1.75 bits per heavy atom. The summed E-state index contributed by atoms with van der Waals surface area (Å²) in [4.78, 5) is 0. The minimum absolute atomic E-state index is 0.248. The van der Waals surface area contributed by atoms with Gasteiger partial charge in [-0.05, 0) is 19.9 Å². The van der Waals surface area contributed by atoms with E-state index >= 15 is 0 Å². The van der Waals surface area contributed by atoms with Crippen LogP contribution in [0.15, 0.2) is 18.2 Å². The molecule has 0 fully saturated rings. The largest absolute Gasteiger partial charge is 0.239 e. The number of rotatable bonds is 1. The Morgan fingerprint density at radius 3 is 2.17 bits per heavy atom. The molecule has 0 saturated carbocycles. The summed E-state index contributed by atoms with van der Waals surface area (Å²) in [5.74, 6) is -2.12. The van der Waals surface area contributed by atoms with E-state index in [1.807, 2.05) is 0 Å². The van der Waals surface area contributed by atoms with E-state index in [-0.39, 0.29) is 5.56 Å². The van der Waals surface area contributed by atoms with E-state index in [2.05, 4.69) is 0 Å². The minimum atomic E-state index is -1.84. The quantitative estimate of drug-likeness (QED) is 0.613. The average Bonchev–Trinajstić information content (AvgIpc) is 1.92. The number of hydrogen-bond acceptors (Lipinski definition) is 0. The lowest BCUT2D eigenvalue weighted by Crippen LogP contribution is -2.12. The molecule has 0 N–H and O–H groups in total. The van der Waals surface area contributed by atoms with Gasteiger partial charge in [-0.25, -0.2) is 13.2 Å². The number of benzene rings is 1. The maximum absolute atomic E-state index is 13.2. The molecular formula is C9H9F3. The summed E-state index contributed by atoms with van der Waals surface area (Å²) in [6, 6.07) is 3.48. The molecule has 0 unspecified atom stereocenters.